The number of hydrogen-bond acceptors (Lipinski definition) is 3. The molecular weight excluding hydrogens is 290 g/mol. The van der Waals surface area contributed by atoms with Gasteiger partial charge in [0, 0.05) is 18.5 Å². The van der Waals surface area contributed by atoms with Gasteiger partial charge in [-0.15, -0.1) is 0 Å². The molecule has 0 radical (unpaired) electrons. The van der Waals surface area contributed by atoms with Crippen LogP contribution in [0, 0.1) is 0 Å². The predicted octanol–water partition coefficient (Wildman–Crippen LogP) is 2.83. The van der Waals surface area contributed by atoms with Crippen LogP contribution in [0.25, 0.3) is 5.69 Å². The van der Waals surface area contributed by atoms with Gasteiger partial charge in [0.25, 0.3) is 0 Å². The van der Waals surface area contributed by atoms with Gasteiger partial charge in [-0.3, -0.25) is 4.79 Å². The molecule has 0 unspecified atom stereocenters. The number of amides is 1. The van der Waals surface area contributed by atoms with Gasteiger partial charge in [-0.25, -0.2) is 9.67 Å². The number of nitrogens with one attached hydrogen (secondary N) is 1. The van der Waals surface area contributed by atoms with Crippen molar-refractivity contribution in [3.8, 4) is 5.69 Å². The number of benzene rings is 1. The zero-order chi connectivity index (χ0) is 16.2. The fourth-order valence-electron chi connectivity index (χ4n) is 2.27. The summed E-state index contributed by atoms with van der Waals surface area (Å²) in [5.41, 5.74) is 1.85. The Morgan fingerprint density at radius 1 is 1.26 bits per heavy atom. The van der Waals surface area contributed by atoms with Crippen LogP contribution in [0.4, 0.5) is 5.82 Å². The van der Waals surface area contributed by atoms with Crippen molar-refractivity contribution in [2.75, 3.05) is 5.32 Å². The van der Waals surface area contributed by atoms with Gasteiger partial charge in [0.2, 0.25) is 5.91 Å². The Balaban J connectivity index is 1.86. The van der Waals surface area contributed by atoms with Gasteiger partial charge >= 0.3 is 0 Å². The van der Waals surface area contributed by atoms with Crippen molar-refractivity contribution in [3.05, 3.63) is 60.8 Å². The molecule has 2 heterocycles. The number of rotatable bonds is 5. The second-order valence-electron chi connectivity index (χ2n) is 5.64. The Morgan fingerprint density at radius 3 is 2.70 bits per heavy atom. The normalized spacial score (nSPS) is 10.9. The first-order valence-electron chi connectivity index (χ1n) is 7.54. The molecule has 0 saturated heterocycles. The number of carbonyl (C=O) groups is 1. The summed E-state index contributed by atoms with van der Waals surface area (Å²) in [6, 6.07) is 11.7. The van der Waals surface area contributed by atoms with Crippen molar-refractivity contribution >= 4 is 11.7 Å². The van der Waals surface area contributed by atoms with E-state index in [0.29, 0.717) is 5.82 Å². The lowest BCUT2D eigenvalue weighted by atomic mass is 10.1. The lowest BCUT2D eigenvalue weighted by Gasteiger charge is -2.09. The van der Waals surface area contributed by atoms with Crippen LogP contribution in [-0.4, -0.2) is 25.2 Å². The summed E-state index contributed by atoms with van der Waals surface area (Å²) in [4.78, 5) is 16.2. The van der Waals surface area contributed by atoms with Crippen LogP contribution in [0.1, 0.15) is 25.5 Å². The van der Waals surface area contributed by atoms with Gasteiger partial charge in [-0.2, -0.15) is 5.10 Å². The van der Waals surface area contributed by atoms with Crippen molar-refractivity contribution < 1.29 is 4.79 Å². The van der Waals surface area contributed by atoms with Crippen molar-refractivity contribution in [2.24, 2.45) is 0 Å². The molecule has 3 aromatic rings. The first-order valence-corrected chi connectivity index (χ1v) is 7.54. The van der Waals surface area contributed by atoms with E-state index < -0.39 is 0 Å². The van der Waals surface area contributed by atoms with E-state index >= 15 is 0 Å². The standard InChI is InChI=1S/C17H19N5O/c1-13(2)15-10-16(19-17(23)11-21-9-8-18-12-21)22(20-15)14-6-4-3-5-7-14/h3-10,12-13H,11H2,1-2H3,(H,19,23). The maximum atomic E-state index is 12.2. The number of imidazole rings is 1. The molecule has 6 heteroatoms. The van der Waals surface area contributed by atoms with Crippen LogP contribution in [-0.2, 0) is 11.3 Å². The summed E-state index contributed by atoms with van der Waals surface area (Å²) >= 11 is 0. The van der Waals surface area contributed by atoms with E-state index in [9.17, 15) is 4.79 Å². The number of carbonyl (C=O) groups excluding carboxylic acids is 1. The fraction of sp³-hybridized carbons (Fsp3) is 0.235. The van der Waals surface area contributed by atoms with Gasteiger partial charge in [0.15, 0.2) is 0 Å². The molecule has 0 aliphatic heterocycles. The van der Waals surface area contributed by atoms with Crippen LogP contribution in [0.5, 0.6) is 0 Å². The number of aromatic nitrogens is 4. The molecule has 3 rings (SSSR count). The molecule has 1 amide bonds. The Kier molecular flexibility index (Phi) is 4.23. The highest BCUT2D eigenvalue weighted by Crippen LogP contribution is 2.22. The van der Waals surface area contributed by atoms with E-state index in [4.69, 9.17) is 0 Å². The molecule has 1 aromatic carbocycles. The zero-order valence-corrected chi connectivity index (χ0v) is 13.2. The molecule has 0 saturated carbocycles. The second-order valence-corrected chi connectivity index (χ2v) is 5.64. The minimum absolute atomic E-state index is 0.115. The van der Waals surface area contributed by atoms with E-state index in [2.05, 4.69) is 29.2 Å². The summed E-state index contributed by atoms with van der Waals surface area (Å²) < 4.78 is 3.49. The maximum absolute atomic E-state index is 12.2. The van der Waals surface area contributed by atoms with Crippen molar-refractivity contribution in [1.82, 2.24) is 19.3 Å². The summed E-state index contributed by atoms with van der Waals surface area (Å²) in [6.45, 7) is 4.38. The molecular formula is C17H19N5O. The molecule has 0 atom stereocenters. The highest BCUT2D eigenvalue weighted by Gasteiger charge is 2.14. The Labute approximate surface area is 134 Å². The van der Waals surface area contributed by atoms with E-state index in [1.165, 1.54) is 0 Å². The Hall–Kier alpha value is -2.89. The van der Waals surface area contributed by atoms with Crippen LogP contribution >= 0.6 is 0 Å². The Morgan fingerprint density at radius 2 is 2.04 bits per heavy atom. The van der Waals surface area contributed by atoms with E-state index in [0.717, 1.165) is 11.4 Å². The van der Waals surface area contributed by atoms with Gasteiger partial charge in [-0.05, 0) is 18.1 Å². The number of anilines is 1. The van der Waals surface area contributed by atoms with Crippen LogP contribution < -0.4 is 5.32 Å². The molecule has 0 bridgehead atoms. The fourth-order valence-corrected chi connectivity index (χ4v) is 2.27. The molecule has 2 aromatic heterocycles. The van der Waals surface area contributed by atoms with Gasteiger partial charge in [0.05, 0.1) is 17.7 Å². The molecule has 1 N–H and O–H groups in total. The third-order valence-electron chi connectivity index (χ3n) is 3.47. The molecule has 23 heavy (non-hydrogen) atoms. The maximum Gasteiger partial charge on any atom is 0.245 e. The number of para-hydroxylation sites is 1. The van der Waals surface area contributed by atoms with Crippen molar-refractivity contribution in [1.29, 1.82) is 0 Å². The third kappa shape index (κ3) is 3.48. The number of nitrogens with zero attached hydrogens (tertiary/aromatic N) is 4. The summed E-state index contributed by atoms with van der Waals surface area (Å²) in [5, 5.41) is 7.55. The van der Waals surface area contributed by atoms with E-state index in [-0.39, 0.29) is 18.4 Å². The minimum atomic E-state index is -0.115. The molecule has 0 spiro atoms. The van der Waals surface area contributed by atoms with Gasteiger partial charge in [-0.1, -0.05) is 32.0 Å². The molecule has 0 aliphatic rings. The largest absolute Gasteiger partial charge is 0.328 e. The minimum Gasteiger partial charge on any atom is -0.328 e. The molecule has 0 fully saturated rings. The highest BCUT2D eigenvalue weighted by atomic mass is 16.2. The molecule has 6 nitrogen and oxygen atoms in total. The topological polar surface area (TPSA) is 64.7 Å². The summed E-state index contributed by atoms with van der Waals surface area (Å²) in [5.74, 6) is 0.838. The summed E-state index contributed by atoms with van der Waals surface area (Å²) in [7, 11) is 0. The van der Waals surface area contributed by atoms with Gasteiger partial charge < -0.3 is 9.88 Å². The summed E-state index contributed by atoms with van der Waals surface area (Å²) in [6.07, 6.45) is 5.03. The lowest BCUT2D eigenvalue weighted by molar-refractivity contribution is -0.116. The van der Waals surface area contributed by atoms with Gasteiger partial charge in [0.1, 0.15) is 12.4 Å². The third-order valence-corrected chi connectivity index (χ3v) is 3.47. The second kappa shape index (κ2) is 6.48. The molecule has 0 aliphatic carbocycles. The predicted molar refractivity (Wildman–Crippen MR) is 88.5 cm³/mol. The number of hydrogen-bond donors (Lipinski definition) is 1. The van der Waals surface area contributed by atoms with Crippen LogP contribution in [0.3, 0.4) is 0 Å². The zero-order valence-electron chi connectivity index (χ0n) is 13.2. The van der Waals surface area contributed by atoms with Crippen LogP contribution in [0.15, 0.2) is 55.1 Å². The average molecular weight is 309 g/mol. The highest BCUT2D eigenvalue weighted by molar-refractivity contribution is 5.90. The average Bonchev–Trinajstić information content (AvgIpc) is 3.18. The van der Waals surface area contributed by atoms with Crippen LogP contribution in [0.2, 0.25) is 0 Å². The monoisotopic (exact) mass is 309 g/mol. The van der Waals surface area contributed by atoms with Crippen molar-refractivity contribution in [3.63, 3.8) is 0 Å². The SMILES string of the molecule is CC(C)c1cc(NC(=O)Cn2ccnc2)n(-c2ccccc2)n1. The smallest absolute Gasteiger partial charge is 0.245 e. The first-order chi connectivity index (χ1) is 11.1. The first kappa shape index (κ1) is 15.0. The molecule has 118 valence electrons. The van der Waals surface area contributed by atoms with Crippen molar-refractivity contribution in [2.45, 2.75) is 26.3 Å². The Bertz CT molecular complexity index is 775. The van der Waals surface area contributed by atoms with E-state index in [1.807, 2.05) is 36.4 Å². The quantitative estimate of drug-likeness (QED) is 0.788. The lowest BCUT2D eigenvalue weighted by Crippen LogP contribution is -2.19. The van der Waals surface area contributed by atoms with E-state index in [1.54, 1.807) is 28.0 Å².